The van der Waals surface area contributed by atoms with E-state index in [1.165, 1.54) is 25.1 Å². The van der Waals surface area contributed by atoms with Gasteiger partial charge in [-0.2, -0.15) is 0 Å². The second-order valence-corrected chi connectivity index (χ2v) is 5.73. The van der Waals surface area contributed by atoms with E-state index < -0.39 is 0 Å². The molecule has 1 fully saturated rings. The second kappa shape index (κ2) is 7.16. The highest BCUT2D eigenvalue weighted by atomic mass is 19.1. The summed E-state index contributed by atoms with van der Waals surface area (Å²) < 4.78 is 13.1. The summed E-state index contributed by atoms with van der Waals surface area (Å²) in [5.41, 5.74) is 7.30. The molecule has 1 aromatic carbocycles. The number of rotatable bonds is 5. The summed E-state index contributed by atoms with van der Waals surface area (Å²) in [6, 6.07) is 7.00. The number of hydrogen-bond acceptors (Lipinski definition) is 3. The van der Waals surface area contributed by atoms with Crippen LogP contribution in [-0.2, 0) is 0 Å². The van der Waals surface area contributed by atoms with Gasteiger partial charge in [-0.3, -0.25) is 4.90 Å². The van der Waals surface area contributed by atoms with Gasteiger partial charge >= 0.3 is 0 Å². The van der Waals surface area contributed by atoms with Crippen LogP contribution in [0.5, 0.6) is 0 Å². The highest BCUT2D eigenvalue weighted by molar-refractivity contribution is 5.21. The Morgan fingerprint density at radius 3 is 2.25 bits per heavy atom. The van der Waals surface area contributed by atoms with Crippen molar-refractivity contribution in [3.63, 3.8) is 0 Å². The number of halogens is 1. The zero-order valence-electron chi connectivity index (χ0n) is 12.6. The van der Waals surface area contributed by atoms with Crippen LogP contribution in [0.2, 0.25) is 0 Å². The molecular weight excluding hydrogens is 253 g/mol. The standard InChI is InChI=1S/C16H26FN3/c1-3-8-19-9-11-20(12-10-19)16(13(2)18)14-4-6-15(17)7-5-14/h4-7,13,16H,3,8-12,18H2,1-2H3. The van der Waals surface area contributed by atoms with E-state index in [0.717, 1.165) is 31.7 Å². The molecule has 0 aromatic heterocycles. The first kappa shape index (κ1) is 15.4. The minimum Gasteiger partial charge on any atom is -0.326 e. The van der Waals surface area contributed by atoms with Gasteiger partial charge in [-0.15, -0.1) is 0 Å². The lowest BCUT2D eigenvalue weighted by Gasteiger charge is -2.41. The minimum absolute atomic E-state index is 0.0400. The van der Waals surface area contributed by atoms with E-state index in [9.17, 15) is 4.39 Å². The summed E-state index contributed by atoms with van der Waals surface area (Å²) >= 11 is 0. The van der Waals surface area contributed by atoms with Crippen molar-refractivity contribution in [2.75, 3.05) is 32.7 Å². The second-order valence-electron chi connectivity index (χ2n) is 5.73. The van der Waals surface area contributed by atoms with Crippen molar-refractivity contribution in [3.8, 4) is 0 Å². The summed E-state index contributed by atoms with van der Waals surface area (Å²) in [6.07, 6.45) is 1.20. The lowest BCUT2D eigenvalue weighted by molar-refractivity contribution is 0.0868. The van der Waals surface area contributed by atoms with Crippen molar-refractivity contribution in [2.45, 2.75) is 32.4 Å². The van der Waals surface area contributed by atoms with Gasteiger partial charge in [0, 0.05) is 38.3 Å². The summed E-state index contributed by atoms with van der Waals surface area (Å²) in [7, 11) is 0. The molecule has 2 unspecified atom stereocenters. The van der Waals surface area contributed by atoms with Crippen LogP contribution in [-0.4, -0.2) is 48.6 Å². The highest BCUT2D eigenvalue weighted by Crippen LogP contribution is 2.25. The van der Waals surface area contributed by atoms with Gasteiger partial charge in [0.25, 0.3) is 0 Å². The molecule has 0 bridgehead atoms. The van der Waals surface area contributed by atoms with Gasteiger partial charge in [-0.05, 0) is 37.6 Å². The average Bonchev–Trinajstić information content (AvgIpc) is 2.43. The average molecular weight is 279 g/mol. The lowest BCUT2D eigenvalue weighted by atomic mass is 9.98. The largest absolute Gasteiger partial charge is 0.326 e. The van der Waals surface area contributed by atoms with E-state index in [4.69, 9.17) is 5.73 Å². The molecule has 20 heavy (non-hydrogen) atoms. The molecule has 1 aliphatic heterocycles. The van der Waals surface area contributed by atoms with Crippen molar-refractivity contribution in [3.05, 3.63) is 35.6 Å². The third-order valence-electron chi connectivity index (χ3n) is 4.05. The molecule has 1 aromatic rings. The normalized spacial score (nSPS) is 20.8. The smallest absolute Gasteiger partial charge is 0.123 e. The molecule has 2 rings (SSSR count). The molecule has 1 heterocycles. The Kier molecular flexibility index (Phi) is 5.52. The molecule has 1 aliphatic rings. The number of hydrogen-bond donors (Lipinski definition) is 1. The molecule has 2 atom stereocenters. The molecule has 0 saturated carbocycles. The summed E-state index contributed by atoms with van der Waals surface area (Å²) in [6.45, 7) is 9.68. The minimum atomic E-state index is -0.190. The van der Waals surface area contributed by atoms with Crippen molar-refractivity contribution in [1.82, 2.24) is 9.80 Å². The molecule has 0 amide bonds. The predicted molar refractivity (Wildman–Crippen MR) is 81.1 cm³/mol. The Balaban J connectivity index is 2.05. The van der Waals surface area contributed by atoms with Crippen LogP contribution in [0.4, 0.5) is 4.39 Å². The topological polar surface area (TPSA) is 32.5 Å². The zero-order valence-corrected chi connectivity index (χ0v) is 12.6. The van der Waals surface area contributed by atoms with Crippen LogP contribution >= 0.6 is 0 Å². The van der Waals surface area contributed by atoms with E-state index in [1.54, 1.807) is 0 Å². The van der Waals surface area contributed by atoms with E-state index in [0.29, 0.717) is 0 Å². The van der Waals surface area contributed by atoms with Crippen LogP contribution in [0.3, 0.4) is 0 Å². The predicted octanol–water partition coefficient (Wildman–Crippen LogP) is 2.24. The Bertz CT molecular complexity index is 397. The van der Waals surface area contributed by atoms with Crippen LogP contribution in [0.1, 0.15) is 31.9 Å². The summed E-state index contributed by atoms with van der Waals surface area (Å²) in [5.74, 6) is -0.190. The first-order valence-corrected chi connectivity index (χ1v) is 7.59. The lowest BCUT2D eigenvalue weighted by Crippen LogP contribution is -2.50. The van der Waals surface area contributed by atoms with Gasteiger partial charge in [0.05, 0.1) is 0 Å². The van der Waals surface area contributed by atoms with Crippen LogP contribution in [0.15, 0.2) is 24.3 Å². The molecule has 0 spiro atoms. The summed E-state index contributed by atoms with van der Waals surface area (Å²) in [4.78, 5) is 4.93. The number of nitrogens with zero attached hydrogens (tertiary/aromatic N) is 2. The molecule has 2 N–H and O–H groups in total. The number of benzene rings is 1. The van der Waals surface area contributed by atoms with E-state index in [2.05, 4.69) is 16.7 Å². The van der Waals surface area contributed by atoms with Gasteiger partial charge in [0.1, 0.15) is 5.82 Å². The van der Waals surface area contributed by atoms with Gasteiger partial charge in [0.2, 0.25) is 0 Å². The Morgan fingerprint density at radius 1 is 1.15 bits per heavy atom. The summed E-state index contributed by atoms with van der Waals surface area (Å²) in [5, 5.41) is 0. The zero-order chi connectivity index (χ0) is 14.5. The van der Waals surface area contributed by atoms with Gasteiger partial charge in [0.15, 0.2) is 0 Å². The van der Waals surface area contributed by atoms with Crippen molar-refractivity contribution in [2.24, 2.45) is 5.73 Å². The maximum Gasteiger partial charge on any atom is 0.123 e. The monoisotopic (exact) mass is 279 g/mol. The fourth-order valence-electron chi connectivity index (χ4n) is 3.09. The van der Waals surface area contributed by atoms with Crippen molar-refractivity contribution < 1.29 is 4.39 Å². The third-order valence-corrected chi connectivity index (χ3v) is 4.05. The third kappa shape index (κ3) is 3.78. The molecule has 0 radical (unpaired) electrons. The van der Waals surface area contributed by atoms with Gasteiger partial charge in [-0.25, -0.2) is 4.39 Å². The molecule has 0 aliphatic carbocycles. The Labute approximate surface area is 121 Å². The van der Waals surface area contributed by atoms with Crippen LogP contribution in [0, 0.1) is 5.82 Å². The van der Waals surface area contributed by atoms with E-state index >= 15 is 0 Å². The fraction of sp³-hybridized carbons (Fsp3) is 0.625. The molecule has 1 saturated heterocycles. The molecule has 4 heteroatoms. The highest BCUT2D eigenvalue weighted by Gasteiger charge is 2.27. The molecular formula is C16H26FN3. The maximum atomic E-state index is 13.1. The first-order valence-electron chi connectivity index (χ1n) is 7.59. The van der Waals surface area contributed by atoms with Crippen LogP contribution < -0.4 is 5.73 Å². The Morgan fingerprint density at radius 2 is 1.75 bits per heavy atom. The van der Waals surface area contributed by atoms with Crippen molar-refractivity contribution in [1.29, 1.82) is 0 Å². The van der Waals surface area contributed by atoms with E-state index in [-0.39, 0.29) is 17.9 Å². The maximum absolute atomic E-state index is 13.1. The SMILES string of the molecule is CCCN1CCN(C(c2ccc(F)cc2)C(C)N)CC1. The van der Waals surface area contributed by atoms with Crippen molar-refractivity contribution >= 4 is 0 Å². The van der Waals surface area contributed by atoms with Crippen LogP contribution in [0.25, 0.3) is 0 Å². The number of nitrogens with two attached hydrogens (primary N) is 1. The van der Waals surface area contributed by atoms with E-state index in [1.807, 2.05) is 19.1 Å². The molecule has 112 valence electrons. The van der Waals surface area contributed by atoms with Gasteiger partial charge in [-0.1, -0.05) is 19.1 Å². The fourth-order valence-corrected chi connectivity index (χ4v) is 3.09. The number of piperazine rings is 1. The Hall–Kier alpha value is -0.970. The van der Waals surface area contributed by atoms with Gasteiger partial charge < -0.3 is 10.6 Å². The quantitative estimate of drug-likeness (QED) is 0.897. The first-order chi connectivity index (χ1) is 9.61. The molecule has 3 nitrogen and oxygen atoms in total.